The van der Waals surface area contributed by atoms with Gasteiger partial charge in [-0.15, -0.1) is 23.7 Å². The van der Waals surface area contributed by atoms with E-state index in [0.717, 1.165) is 89.0 Å². The Bertz CT molecular complexity index is 4810. The number of benzene rings is 8. The van der Waals surface area contributed by atoms with Gasteiger partial charge in [-0.3, -0.25) is 0 Å². The van der Waals surface area contributed by atoms with E-state index < -0.39 is 0 Å². The van der Waals surface area contributed by atoms with E-state index in [1.807, 2.05) is 125 Å². The first-order chi connectivity index (χ1) is 51.3. The topological polar surface area (TPSA) is 17.4 Å². The van der Waals surface area contributed by atoms with Gasteiger partial charge in [0.05, 0.1) is 0 Å². The molecular formula is C100H96N4+4. The lowest BCUT2D eigenvalue weighted by Gasteiger charge is -2.22. The first-order valence-electron chi connectivity index (χ1n) is 37.4. The van der Waals surface area contributed by atoms with Crippen LogP contribution < -0.4 is 0 Å². The van der Waals surface area contributed by atoms with Gasteiger partial charge in [0.2, 0.25) is 0 Å². The molecule has 4 saturated carbocycles. The number of hydrogen-bond donors (Lipinski definition) is 0. The number of hydrogen-bond acceptors (Lipinski definition) is 0. The second-order valence-electron chi connectivity index (χ2n) is 26.6. The van der Waals surface area contributed by atoms with Crippen molar-refractivity contribution >= 4 is 0 Å². The molecule has 0 bridgehead atoms. The molecule has 0 N–H and O–H groups in total. The molecule has 0 amide bonds. The molecule has 4 nitrogen and oxygen atoms in total. The highest BCUT2D eigenvalue weighted by Crippen LogP contribution is 2.37. The van der Waals surface area contributed by atoms with Gasteiger partial charge in [-0.2, -0.15) is 0 Å². The minimum absolute atomic E-state index is 0.662. The van der Waals surface area contributed by atoms with Crippen molar-refractivity contribution in [2.75, 3.05) is 28.2 Å². The van der Waals surface area contributed by atoms with E-state index in [9.17, 15) is 0 Å². The molecule has 0 aliphatic heterocycles. The van der Waals surface area contributed by atoms with Gasteiger partial charge in [0.15, 0.2) is 0 Å². The lowest BCUT2D eigenvalue weighted by atomic mass is 9.83. The van der Waals surface area contributed by atoms with Gasteiger partial charge in [-0.1, -0.05) is 240 Å². The fraction of sp³-hybridized carbons (Fsp3) is 0.320. The van der Waals surface area contributed by atoms with Crippen molar-refractivity contribution in [2.45, 2.75) is 180 Å². The summed E-state index contributed by atoms with van der Waals surface area (Å²) in [5.74, 6) is 53.8. The second-order valence-corrected chi connectivity index (χ2v) is 26.6. The van der Waals surface area contributed by atoms with Crippen LogP contribution >= 0.6 is 0 Å². The Hall–Kier alpha value is -11.8. The van der Waals surface area contributed by atoms with Crippen LogP contribution in [0.3, 0.4) is 0 Å². The maximum Gasteiger partial charge on any atom is 0.311 e. The largest absolute Gasteiger partial charge is 0.311 e. The van der Waals surface area contributed by atoms with Gasteiger partial charge in [0, 0.05) is 66.8 Å². The van der Waals surface area contributed by atoms with Crippen LogP contribution in [-0.4, -0.2) is 28.2 Å². The van der Waals surface area contributed by atoms with E-state index in [4.69, 9.17) is 0 Å². The predicted molar refractivity (Wildman–Crippen MR) is 438 cm³/mol. The first-order valence-corrected chi connectivity index (χ1v) is 37.4. The summed E-state index contributed by atoms with van der Waals surface area (Å²) >= 11 is 0. The summed E-state index contributed by atoms with van der Waals surface area (Å²) in [4.78, 5) is 16.2. The Morgan fingerprint density at radius 3 is 0.683 bits per heavy atom. The maximum atomic E-state index is 4.11. The second kappa shape index (κ2) is 42.5. The molecule has 0 atom stereocenters. The zero-order chi connectivity index (χ0) is 72.8. The number of nitrogens with zero attached hydrogens (tertiary/aromatic N) is 4. The van der Waals surface area contributed by atoms with Gasteiger partial charge in [-0.05, 0) is 222 Å². The third kappa shape index (κ3) is 23.1. The zero-order valence-electron chi connectivity index (χ0n) is 62.4. The molecule has 0 radical (unpaired) electrons. The van der Waals surface area contributed by atoms with Crippen molar-refractivity contribution in [2.24, 2.45) is 0 Å². The Labute approximate surface area is 623 Å². The van der Waals surface area contributed by atoms with E-state index in [1.165, 1.54) is 151 Å². The molecule has 0 saturated heterocycles. The minimum Gasteiger partial charge on any atom is -0.101 e. The van der Waals surface area contributed by atoms with Crippen LogP contribution in [0.15, 0.2) is 170 Å². The average molecular weight is 1350 g/mol. The highest BCUT2D eigenvalue weighted by molar-refractivity contribution is 5.61. The van der Waals surface area contributed by atoms with E-state index >= 15 is 0 Å². The molecule has 4 aliphatic carbocycles. The summed E-state index contributed by atoms with van der Waals surface area (Å²) in [5, 5.41) is 0. The molecule has 4 aliphatic rings. The summed E-state index contributed by atoms with van der Waals surface area (Å²) in [6, 6.07) is 70.6. The predicted octanol–water partition coefficient (Wildman–Crippen LogP) is 23.3. The highest BCUT2D eigenvalue weighted by atomic mass is 14.6. The van der Waals surface area contributed by atoms with E-state index in [1.54, 1.807) is 28.2 Å². The minimum atomic E-state index is 0.662. The fourth-order valence-corrected chi connectivity index (χ4v) is 14.2. The Morgan fingerprint density at radius 1 is 0.202 bits per heavy atom. The Balaban J connectivity index is 0.000000161. The van der Waals surface area contributed by atoms with Crippen LogP contribution in [-0.2, 0) is 0 Å². The molecule has 0 spiro atoms. The summed E-state index contributed by atoms with van der Waals surface area (Å²) in [7, 11) is 6.96. The van der Waals surface area contributed by atoms with Crippen molar-refractivity contribution in [3.8, 4) is 119 Å². The van der Waals surface area contributed by atoms with Gasteiger partial charge < -0.3 is 0 Å². The van der Waals surface area contributed by atoms with Crippen molar-refractivity contribution in [1.29, 1.82) is 0 Å². The molecule has 0 unspecified atom stereocenters. The van der Waals surface area contributed by atoms with E-state index in [-0.39, 0.29) is 0 Å². The molecule has 8 aromatic carbocycles. The SMILES string of the molecule is CC#Cc1cc(C2CCCCC2)ccc1C#Cc1ccccc1C#[N+]C.CC#Cc1ccc(C2CCCCC2)cc1C#Cc1ccccc1C#[N+]C.CC#Cc1ccccc1C#Cc1cc(C2CCCCC2)ccc1C#[N+]C.CC#Cc1ccccc1C#Cc1ccc(C2CCCCC2)cc1C#[N+]C. The molecule has 0 heterocycles. The average Bonchev–Trinajstić information content (AvgIpc) is 0.848. The van der Waals surface area contributed by atoms with Gasteiger partial charge in [0.1, 0.15) is 22.3 Å². The van der Waals surface area contributed by atoms with Crippen LogP contribution in [0.1, 0.15) is 291 Å². The van der Waals surface area contributed by atoms with Crippen molar-refractivity contribution < 1.29 is 0 Å². The normalized spacial score (nSPS) is 13.5. The summed E-state index contributed by atoms with van der Waals surface area (Å²) in [6.45, 7) is 7.45. The van der Waals surface area contributed by atoms with Crippen molar-refractivity contribution in [1.82, 2.24) is 0 Å². The van der Waals surface area contributed by atoms with Crippen LogP contribution in [0.25, 0.3) is 19.4 Å². The Kier molecular flexibility index (Phi) is 31.2. The van der Waals surface area contributed by atoms with Gasteiger partial charge >= 0.3 is 24.3 Å². The van der Waals surface area contributed by atoms with E-state index in [2.05, 4.69) is 211 Å². The van der Waals surface area contributed by atoms with Crippen molar-refractivity contribution in [3.05, 3.63) is 301 Å². The molecule has 4 heteroatoms. The summed E-state index contributed by atoms with van der Waals surface area (Å²) in [5.41, 5.74) is 21.2. The van der Waals surface area contributed by atoms with Gasteiger partial charge in [0.25, 0.3) is 28.2 Å². The Morgan fingerprint density at radius 2 is 0.385 bits per heavy atom. The molecular weight excluding hydrogens is 1260 g/mol. The lowest BCUT2D eigenvalue weighted by molar-refractivity contribution is 0.443. The third-order valence-corrected chi connectivity index (χ3v) is 19.5. The highest BCUT2D eigenvalue weighted by Gasteiger charge is 2.21. The standard InChI is InChI=1S/4C25H24N/c1-3-9-20-14-16-24(21-10-5-4-6-11-21)18-23(20)17-15-22-12-7-8-13-25(22)19-26-2;1-3-9-23-18-24(20-10-5-4-6-11-20)17-16-22(23)15-14-21-12-7-8-13-25(21)19-26-2;1-3-9-20-12-7-8-13-22(20)14-15-24-18-23(16-17-25(24)19-26-2)21-10-5-4-6-11-21;1-3-9-20-12-7-8-13-22(20)14-15-23-16-17-24(18-25(23)19-26-2)21-10-5-4-6-11-21/h7-8,12-14,16,18,21H,4-6,10-11H2,1-2H3;7-8,12-13,16-18,20H,4-6,10-11H2,1-2H3;2*7-8,12-13,16-18,21H,4-6,10-11H2,1-2H3/q4*+1. The van der Waals surface area contributed by atoms with Crippen LogP contribution in [0, 0.1) is 119 Å². The van der Waals surface area contributed by atoms with Gasteiger partial charge in [-0.25, -0.2) is 0 Å². The lowest BCUT2D eigenvalue weighted by Crippen LogP contribution is -2.05. The zero-order valence-corrected chi connectivity index (χ0v) is 62.4. The summed E-state index contributed by atoms with van der Waals surface area (Å²) < 4.78 is 0. The van der Waals surface area contributed by atoms with Crippen LogP contribution in [0.4, 0.5) is 0 Å². The number of rotatable bonds is 4. The molecule has 104 heavy (non-hydrogen) atoms. The monoisotopic (exact) mass is 1350 g/mol. The molecule has 12 rings (SSSR count). The van der Waals surface area contributed by atoms with Crippen LogP contribution in [0.2, 0.25) is 0 Å². The molecule has 8 aromatic rings. The fourth-order valence-electron chi connectivity index (χ4n) is 14.2. The molecule has 512 valence electrons. The van der Waals surface area contributed by atoms with Crippen LogP contribution in [0.5, 0.6) is 0 Å². The van der Waals surface area contributed by atoms with E-state index in [0.29, 0.717) is 23.7 Å². The smallest absolute Gasteiger partial charge is 0.101 e. The third-order valence-electron chi connectivity index (χ3n) is 19.5. The quantitative estimate of drug-likeness (QED) is 0.156. The maximum absolute atomic E-state index is 4.11. The molecule has 4 fully saturated rings. The first kappa shape index (κ1) is 76.4. The summed E-state index contributed by atoms with van der Waals surface area (Å²) in [6.07, 6.45) is 26.5. The van der Waals surface area contributed by atoms with Crippen molar-refractivity contribution in [3.63, 3.8) is 0 Å². The molecule has 0 aromatic heterocycles.